The monoisotopic (exact) mass is 270 g/mol. The van der Waals surface area contributed by atoms with Gasteiger partial charge in [0.05, 0.1) is 5.54 Å². The summed E-state index contributed by atoms with van der Waals surface area (Å²) < 4.78 is 0. The van der Waals surface area contributed by atoms with Crippen molar-refractivity contribution < 1.29 is 4.79 Å². The predicted molar refractivity (Wildman–Crippen MR) is 78.8 cm³/mol. The smallest absolute Gasteiger partial charge is 0.237 e. The maximum absolute atomic E-state index is 11.3. The van der Waals surface area contributed by atoms with E-state index in [4.69, 9.17) is 11.5 Å². The average molecular weight is 270 g/mol. The summed E-state index contributed by atoms with van der Waals surface area (Å²) in [6.45, 7) is 12.6. The molecule has 1 aliphatic rings. The Morgan fingerprint density at radius 3 is 2.53 bits per heavy atom. The van der Waals surface area contributed by atoms with Gasteiger partial charge in [-0.1, -0.05) is 13.8 Å². The summed E-state index contributed by atoms with van der Waals surface area (Å²) in [5, 5.41) is 0. The molecule has 1 rings (SSSR count). The number of amides is 1. The fourth-order valence-electron chi connectivity index (χ4n) is 3.05. The van der Waals surface area contributed by atoms with Crippen molar-refractivity contribution >= 4 is 5.91 Å². The van der Waals surface area contributed by atoms with Crippen molar-refractivity contribution in [2.75, 3.05) is 26.2 Å². The number of rotatable bonds is 7. The molecule has 5 heteroatoms. The van der Waals surface area contributed by atoms with Crippen LogP contribution in [-0.2, 0) is 4.79 Å². The summed E-state index contributed by atoms with van der Waals surface area (Å²) in [4.78, 5) is 16.2. The number of carbonyl (C=O) groups is 1. The highest BCUT2D eigenvalue weighted by molar-refractivity contribution is 5.83. The van der Waals surface area contributed by atoms with Gasteiger partial charge < -0.3 is 11.5 Å². The van der Waals surface area contributed by atoms with Gasteiger partial charge in [0.1, 0.15) is 0 Å². The predicted octanol–water partition coefficient (Wildman–Crippen LogP) is 0.384. The van der Waals surface area contributed by atoms with Crippen LogP contribution >= 0.6 is 0 Å². The molecule has 0 spiro atoms. The second kappa shape index (κ2) is 6.68. The van der Waals surface area contributed by atoms with Gasteiger partial charge in [-0.2, -0.15) is 0 Å². The van der Waals surface area contributed by atoms with Gasteiger partial charge in [0, 0.05) is 25.2 Å². The van der Waals surface area contributed by atoms with Crippen molar-refractivity contribution in [1.29, 1.82) is 0 Å². The highest BCUT2D eigenvalue weighted by atomic mass is 16.1. The number of likely N-dealkylation sites (N-methyl/N-ethyl adjacent to an activating group) is 1. The Kier molecular flexibility index (Phi) is 5.77. The number of likely N-dealkylation sites (tertiary alicyclic amines) is 1. The van der Waals surface area contributed by atoms with Crippen LogP contribution in [0.25, 0.3) is 0 Å². The third kappa shape index (κ3) is 4.16. The van der Waals surface area contributed by atoms with Gasteiger partial charge in [0.2, 0.25) is 5.91 Å². The first-order valence-electron chi connectivity index (χ1n) is 7.38. The van der Waals surface area contributed by atoms with Gasteiger partial charge >= 0.3 is 0 Å². The lowest BCUT2D eigenvalue weighted by atomic mass is 9.93. The molecule has 0 aromatic heterocycles. The Morgan fingerprint density at radius 1 is 1.47 bits per heavy atom. The number of carbonyl (C=O) groups excluding carboxylic acids is 1. The molecule has 5 nitrogen and oxygen atoms in total. The average Bonchev–Trinajstić information content (AvgIpc) is 2.79. The lowest BCUT2D eigenvalue weighted by Crippen LogP contribution is -2.53. The molecular formula is C14H30N4O. The molecule has 0 bridgehead atoms. The zero-order valence-electron chi connectivity index (χ0n) is 12.9. The quantitative estimate of drug-likeness (QED) is 0.701. The van der Waals surface area contributed by atoms with Crippen molar-refractivity contribution in [2.24, 2.45) is 11.5 Å². The number of nitrogens with zero attached hydrogens (tertiary/aromatic N) is 2. The first-order chi connectivity index (χ1) is 8.81. The molecule has 1 fully saturated rings. The molecule has 4 N–H and O–H groups in total. The molecule has 1 amide bonds. The zero-order chi connectivity index (χ0) is 14.6. The fourth-order valence-corrected chi connectivity index (χ4v) is 3.05. The van der Waals surface area contributed by atoms with E-state index >= 15 is 0 Å². The number of hydrogen-bond donors (Lipinski definition) is 2. The second-order valence-electron chi connectivity index (χ2n) is 5.99. The van der Waals surface area contributed by atoms with Crippen molar-refractivity contribution in [2.45, 2.75) is 58.2 Å². The summed E-state index contributed by atoms with van der Waals surface area (Å²) in [5.74, 6) is -0.418. The topological polar surface area (TPSA) is 75.6 Å². The zero-order valence-corrected chi connectivity index (χ0v) is 12.9. The van der Waals surface area contributed by atoms with E-state index < -0.39 is 11.4 Å². The van der Waals surface area contributed by atoms with E-state index in [2.05, 4.69) is 30.6 Å². The maximum atomic E-state index is 11.3. The summed E-state index contributed by atoms with van der Waals surface area (Å²) in [7, 11) is 0. The third-order valence-electron chi connectivity index (χ3n) is 4.43. The fraction of sp³-hybridized carbons (Fsp3) is 0.929. The number of nitrogens with two attached hydrogens (primary N) is 2. The molecule has 0 radical (unpaired) electrons. The van der Waals surface area contributed by atoms with Crippen LogP contribution in [-0.4, -0.2) is 59.5 Å². The lowest BCUT2D eigenvalue weighted by Gasteiger charge is -2.32. The standard InChI is InChI=1S/C14H30N4O/c1-5-17(6-2)12-7-8-18(10-12)11(3)9-14(4,16)13(15)19/h11-12H,5-10,16H2,1-4H3,(H2,15,19). The van der Waals surface area contributed by atoms with Crippen LogP contribution in [0.2, 0.25) is 0 Å². The molecule has 0 saturated carbocycles. The molecule has 1 aliphatic heterocycles. The van der Waals surface area contributed by atoms with Crippen molar-refractivity contribution in [1.82, 2.24) is 9.80 Å². The van der Waals surface area contributed by atoms with E-state index in [9.17, 15) is 4.79 Å². The summed E-state index contributed by atoms with van der Waals surface area (Å²) in [6.07, 6.45) is 1.82. The van der Waals surface area contributed by atoms with E-state index in [1.165, 1.54) is 6.42 Å². The van der Waals surface area contributed by atoms with Crippen LogP contribution in [0.15, 0.2) is 0 Å². The SMILES string of the molecule is CCN(CC)C1CCN(C(C)CC(C)(N)C(N)=O)C1. The Bertz CT molecular complexity index is 302. The van der Waals surface area contributed by atoms with Gasteiger partial charge in [-0.15, -0.1) is 0 Å². The third-order valence-corrected chi connectivity index (χ3v) is 4.43. The van der Waals surface area contributed by atoms with Crippen molar-refractivity contribution in [3.05, 3.63) is 0 Å². The van der Waals surface area contributed by atoms with E-state index in [0.29, 0.717) is 18.5 Å². The van der Waals surface area contributed by atoms with E-state index in [0.717, 1.165) is 26.2 Å². The van der Waals surface area contributed by atoms with Crippen LogP contribution in [0.1, 0.15) is 40.5 Å². The molecular weight excluding hydrogens is 240 g/mol. The Hall–Kier alpha value is -0.650. The van der Waals surface area contributed by atoms with Gasteiger partial charge in [-0.3, -0.25) is 14.6 Å². The largest absolute Gasteiger partial charge is 0.368 e. The van der Waals surface area contributed by atoms with Gasteiger partial charge in [-0.25, -0.2) is 0 Å². The second-order valence-corrected chi connectivity index (χ2v) is 5.99. The van der Waals surface area contributed by atoms with Gasteiger partial charge in [0.15, 0.2) is 0 Å². The van der Waals surface area contributed by atoms with Gasteiger partial charge in [-0.05, 0) is 39.8 Å². The van der Waals surface area contributed by atoms with E-state index in [-0.39, 0.29) is 0 Å². The number of primary amides is 1. The Morgan fingerprint density at radius 2 is 2.05 bits per heavy atom. The van der Waals surface area contributed by atoms with Crippen LogP contribution < -0.4 is 11.5 Å². The summed E-state index contributed by atoms with van der Waals surface area (Å²) >= 11 is 0. The van der Waals surface area contributed by atoms with E-state index in [1.807, 2.05) is 0 Å². The maximum Gasteiger partial charge on any atom is 0.237 e. The molecule has 0 aromatic rings. The van der Waals surface area contributed by atoms with Crippen LogP contribution in [0.3, 0.4) is 0 Å². The Labute approximate surface area is 117 Å². The van der Waals surface area contributed by atoms with Crippen LogP contribution in [0.5, 0.6) is 0 Å². The minimum absolute atomic E-state index is 0.295. The lowest BCUT2D eigenvalue weighted by molar-refractivity contribution is -0.123. The minimum atomic E-state index is -0.910. The Balaban J connectivity index is 2.52. The van der Waals surface area contributed by atoms with Crippen LogP contribution in [0.4, 0.5) is 0 Å². The molecule has 1 saturated heterocycles. The van der Waals surface area contributed by atoms with Gasteiger partial charge in [0.25, 0.3) is 0 Å². The molecule has 1 heterocycles. The molecule has 3 atom stereocenters. The van der Waals surface area contributed by atoms with Crippen molar-refractivity contribution in [3.63, 3.8) is 0 Å². The minimum Gasteiger partial charge on any atom is -0.368 e. The van der Waals surface area contributed by atoms with Crippen LogP contribution in [0, 0.1) is 0 Å². The highest BCUT2D eigenvalue weighted by Crippen LogP contribution is 2.21. The molecule has 0 aliphatic carbocycles. The van der Waals surface area contributed by atoms with Crippen molar-refractivity contribution in [3.8, 4) is 0 Å². The first kappa shape index (κ1) is 16.4. The normalized spacial score (nSPS) is 25.5. The van der Waals surface area contributed by atoms with E-state index in [1.54, 1.807) is 6.92 Å². The molecule has 3 unspecified atom stereocenters. The molecule has 112 valence electrons. The molecule has 19 heavy (non-hydrogen) atoms. The number of hydrogen-bond acceptors (Lipinski definition) is 4. The summed E-state index contributed by atoms with van der Waals surface area (Å²) in [5.41, 5.74) is 10.4. The highest BCUT2D eigenvalue weighted by Gasteiger charge is 2.34. The first-order valence-corrected chi connectivity index (χ1v) is 7.38. The molecule has 0 aromatic carbocycles. The summed E-state index contributed by atoms with van der Waals surface area (Å²) in [6, 6.07) is 0.929.